The number of carbonyl (C=O) groups is 2. The van der Waals surface area contributed by atoms with Gasteiger partial charge in [-0.1, -0.05) is 0 Å². The lowest BCUT2D eigenvalue weighted by Gasteiger charge is -2.31. The molecule has 3 rings (SSSR count). The van der Waals surface area contributed by atoms with Gasteiger partial charge in [-0.25, -0.2) is 4.79 Å². The Kier molecular flexibility index (Phi) is 2.85. The Morgan fingerprint density at radius 3 is 2.35 bits per heavy atom. The van der Waals surface area contributed by atoms with Gasteiger partial charge in [0.25, 0.3) is 5.91 Å². The number of fused-ring (bicyclic) bond motifs is 1. The molecule has 0 radical (unpaired) electrons. The maximum Gasteiger partial charge on any atom is 0.322 e. The van der Waals surface area contributed by atoms with Gasteiger partial charge in [0.1, 0.15) is 23.9 Å². The summed E-state index contributed by atoms with van der Waals surface area (Å²) in [6, 6.07) is -0.545. The Balaban J connectivity index is 1.91. The van der Waals surface area contributed by atoms with Crippen molar-refractivity contribution in [2.24, 2.45) is 0 Å². The smallest absolute Gasteiger partial charge is 0.322 e. The highest BCUT2D eigenvalue weighted by Crippen LogP contribution is 2.42. The number of methoxy groups -OCH3 is 1. The van der Waals surface area contributed by atoms with Crippen LogP contribution in [0.4, 0.5) is 4.79 Å². The van der Waals surface area contributed by atoms with Gasteiger partial charge in [0, 0.05) is 7.11 Å². The summed E-state index contributed by atoms with van der Waals surface area (Å²) in [5.41, 5.74) is -1.21. The molecule has 0 aromatic heterocycles. The average Bonchev–Trinajstić information content (AvgIpc) is 2.89. The van der Waals surface area contributed by atoms with Gasteiger partial charge < -0.3 is 24.3 Å². The van der Waals surface area contributed by atoms with Crippen LogP contribution in [-0.2, 0) is 23.7 Å². The molecule has 5 atom stereocenters. The van der Waals surface area contributed by atoms with Crippen LogP contribution in [0.1, 0.15) is 20.8 Å². The first-order valence-electron chi connectivity index (χ1n) is 6.44. The van der Waals surface area contributed by atoms with Crippen molar-refractivity contribution in [3.63, 3.8) is 0 Å². The lowest BCUT2D eigenvalue weighted by Crippen LogP contribution is -2.58. The summed E-state index contributed by atoms with van der Waals surface area (Å²) in [4.78, 5) is 23.4. The molecule has 2 N–H and O–H groups in total. The average molecular weight is 286 g/mol. The number of hydrogen-bond acceptors (Lipinski definition) is 6. The maximum atomic E-state index is 12.0. The lowest BCUT2D eigenvalue weighted by atomic mass is 9.90. The molecule has 0 unspecified atom stereocenters. The number of nitrogens with one attached hydrogen (secondary N) is 2. The second-order valence-corrected chi connectivity index (χ2v) is 5.84. The van der Waals surface area contributed by atoms with Crippen LogP contribution >= 0.6 is 0 Å². The van der Waals surface area contributed by atoms with E-state index in [0.29, 0.717) is 0 Å². The third-order valence-electron chi connectivity index (χ3n) is 3.88. The van der Waals surface area contributed by atoms with Crippen LogP contribution in [0.25, 0.3) is 0 Å². The Morgan fingerprint density at radius 1 is 1.15 bits per heavy atom. The van der Waals surface area contributed by atoms with E-state index in [1.54, 1.807) is 20.8 Å². The van der Waals surface area contributed by atoms with Crippen LogP contribution in [0.2, 0.25) is 0 Å². The first kappa shape index (κ1) is 13.7. The molecule has 3 fully saturated rings. The molecule has 0 aliphatic carbocycles. The van der Waals surface area contributed by atoms with Crippen molar-refractivity contribution in [1.29, 1.82) is 0 Å². The van der Waals surface area contributed by atoms with E-state index in [1.165, 1.54) is 7.11 Å². The highest BCUT2D eigenvalue weighted by molar-refractivity contribution is 6.07. The number of rotatable bonds is 2. The minimum Gasteiger partial charge on any atom is -0.353 e. The molecule has 3 saturated heterocycles. The molecule has 0 saturated carbocycles. The molecular formula is C12H18N2O6. The number of urea groups is 1. The Hall–Kier alpha value is -1.22. The monoisotopic (exact) mass is 286 g/mol. The van der Waals surface area contributed by atoms with Gasteiger partial charge in [-0.2, -0.15) is 0 Å². The second kappa shape index (κ2) is 4.14. The van der Waals surface area contributed by atoms with Gasteiger partial charge in [-0.15, -0.1) is 0 Å². The zero-order valence-corrected chi connectivity index (χ0v) is 11.8. The molecular weight excluding hydrogens is 268 g/mol. The van der Waals surface area contributed by atoms with Crippen molar-refractivity contribution in [2.75, 3.05) is 7.11 Å². The van der Waals surface area contributed by atoms with E-state index in [4.69, 9.17) is 18.9 Å². The third kappa shape index (κ3) is 1.83. The van der Waals surface area contributed by atoms with E-state index in [-0.39, 0.29) is 0 Å². The van der Waals surface area contributed by atoms with Crippen LogP contribution in [0.3, 0.4) is 0 Å². The van der Waals surface area contributed by atoms with Crippen molar-refractivity contribution >= 4 is 11.9 Å². The van der Waals surface area contributed by atoms with Gasteiger partial charge in [-0.05, 0) is 20.8 Å². The second-order valence-electron chi connectivity index (χ2n) is 5.84. The molecule has 0 spiro atoms. The van der Waals surface area contributed by atoms with Crippen LogP contribution in [0, 0.1) is 0 Å². The van der Waals surface area contributed by atoms with Crippen LogP contribution in [0.5, 0.6) is 0 Å². The largest absolute Gasteiger partial charge is 0.353 e. The summed E-state index contributed by atoms with van der Waals surface area (Å²) >= 11 is 0. The van der Waals surface area contributed by atoms with Crippen molar-refractivity contribution in [3.8, 4) is 0 Å². The van der Waals surface area contributed by atoms with E-state index in [9.17, 15) is 9.59 Å². The van der Waals surface area contributed by atoms with Gasteiger partial charge in [-0.3, -0.25) is 10.1 Å². The summed E-state index contributed by atoms with van der Waals surface area (Å²) in [7, 11) is 1.49. The van der Waals surface area contributed by atoms with E-state index in [0.717, 1.165) is 0 Å². The summed E-state index contributed by atoms with van der Waals surface area (Å²) in [6.07, 6.45) is -2.27. The fourth-order valence-electron chi connectivity index (χ4n) is 2.97. The number of hydrogen-bond donors (Lipinski definition) is 2. The molecule has 3 aliphatic rings. The van der Waals surface area contributed by atoms with Gasteiger partial charge in [0.15, 0.2) is 12.1 Å². The van der Waals surface area contributed by atoms with Crippen molar-refractivity contribution in [2.45, 2.75) is 56.7 Å². The van der Waals surface area contributed by atoms with Crippen LogP contribution < -0.4 is 10.6 Å². The fourth-order valence-corrected chi connectivity index (χ4v) is 2.97. The van der Waals surface area contributed by atoms with Gasteiger partial charge in [0.05, 0.1) is 0 Å². The van der Waals surface area contributed by atoms with E-state index >= 15 is 0 Å². The van der Waals surface area contributed by atoms with Crippen molar-refractivity contribution < 1.29 is 28.5 Å². The highest BCUT2D eigenvalue weighted by Gasteiger charge is 2.64. The van der Waals surface area contributed by atoms with E-state index in [2.05, 4.69) is 10.6 Å². The van der Waals surface area contributed by atoms with E-state index < -0.39 is 47.9 Å². The van der Waals surface area contributed by atoms with Gasteiger partial charge >= 0.3 is 6.03 Å². The minimum absolute atomic E-state index is 0.442. The molecule has 3 heterocycles. The van der Waals surface area contributed by atoms with Gasteiger partial charge in [0.2, 0.25) is 0 Å². The zero-order chi connectivity index (χ0) is 14.7. The molecule has 0 aromatic carbocycles. The summed E-state index contributed by atoms with van der Waals surface area (Å²) in [5.74, 6) is -1.24. The standard InChI is InChI=1S/C12H18N2O6/c1-11(2)19-5-6(20-11)8(17-4)18-7(5)12(3)9(15)13-10(16)14-12/h5-8H,1-4H3,(H2,13,14,15,16)/t5-,6+,7+,8+,12-/m0/s1. The van der Waals surface area contributed by atoms with Crippen molar-refractivity contribution in [3.05, 3.63) is 0 Å². The Labute approximate surface area is 116 Å². The first-order valence-corrected chi connectivity index (χ1v) is 6.44. The SMILES string of the molecule is CO[C@@H]1O[C@@H]([C@]2(C)NC(=O)NC2=O)[C@H]2OC(C)(C)O[C@@H]12. The minimum atomic E-state index is -1.21. The molecule has 0 aromatic rings. The molecule has 20 heavy (non-hydrogen) atoms. The normalized spacial score (nSPS) is 46.2. The number of carbonyl (C=O) groups excluding carboxylic acids is 2. The Bertz CT molecular complexity index is 467. The third-order valence-corrected chi connectivity index (χ3v) is 3.88. The maximum absolute atomic E-state index is 12.0. The quantitative estimate of drug-likeness (QED) is 0.663. The fraction of sp³-hybridized carbons (Fsp3) is 0.833. The molecule has 8 nitrogen and oxygen atoms in total. The molecule has 0 bridgehead atoms. The molecule has 8 heteroatoms. The number of ether oxygens (including phenoxy) is 4. The predicted octanol–water partition coefficient (Wildman–Crippen LogP) is -0.524. The number of imide groups is 1. The van der Waals surface area contributed by atoms with Crippen LogP contribution in [0.15, 0.2) is 0 Å². The topological polar surface area (TPSA) is 95.1 Å². The zero-order valence-electron chi connectivity index (χ0n) is 11.8. The van der Waals surface area contributed by atoms with Crippen molar-refractivity contribution in [1.82, 2.24) is 10.6 Å². The van der Waals surface area contributed by atoms with E-state index in [1.807, 2.05) is 0 Å². The predicted molar refractivity (Wildman–Crippen MR) is 64.6 cm³/mol. The first-order chi connectivity index (χ1) is 9.27. The summed E-state index contributed by atoms with van der Waals surface area (Å²) in [5, 5.41) is 4.80. The molecule has 3 amide bonds. The Morgan fingerprint density at radius 2 is 1.80 bits per heavy atom. The summed E-state index contributed by atoms with van der Waals surface area (Å²) in [6.45, 7) is 5.16. The summed E-state index contributed by atoms with van der Waals surface area (Å²) < 4.78 is 22.5. The number of amides is 3. The molecule has 3 aliphatic heterocycles. The molecule has 112 valence electrons. The lowest BCUT2D eigenvalue weighted by molar-refractivity contribution is -0.233. The van der Waals surface area contributed by atoms with Crippen LogP contribution in [-0.4, -0.2) is 55.0 Å². The highest BCUT2D eigenvalue weighted by atomic mass is 16.8.